The normalized spacial score (nSPS) is 12.6. The molecular formula is C13H13Cl2NO. The number of hydrogen-bond donors (Lipinski definition) is 1. The van der Waals surface area contributed by atoms with Crippen molar-refractivity contribution in [2.75, 3.05) is 0 Å². The standard InChI is InChI=1S/C13H13Cl2NO/c14-10-4-3-9(13(15)7-10)6-11(16)8-12-2-1-5-17-12/h1-5,7,11H,6,8,16H2. The average Bonchev–Trinajstić information content (AvgIpc) is 2.75. The largest absolute Gasteiger partial charge is 0.469 e. The van der Waals surface area contributed by atoms with Crippen LogP contribution in [-0.2, 0) is 12.8 Å². The summed E-state index contributed by atoms with van der Waals surface area (Å²) in [4.78, 5) is 0. The van der Waals surface area contributed by atoms with Crippen LogP contribution in [0.5, 0.6) is 0 Å². The van der Waals surface area contributed by atoms with E-state index in [9.17, 15) is 0 Å². The summed E-state index contributed by atoms with van der Waals surface area (Å²) in [6.45, 7) is 0. The third-order valence-electron chi connectivity index (χ3n) is 2.54. The van der Waals surface area contributed by atoms with E-state index < -0.39 is 0 Å². The van der Waals surface area contributed by atoms with Crippen LogP contribution in [0.3, 0.4) is 0 Å². The Hall–Kier alpha value is -0.960. The zero-order valence-electron chi connectivity index (χ0n) is 9.20. The van der Waals surface area contributed by atoms with Gasteiger partial charge < -0.3 is 10.2 Å². The fourth-order valence-corrected chi connectivity index (χ4v) is 2.21. The lowest BCUT2D eigenvalue weighted by Crippen LogP contribution is -2.25. The second-order valence-corrected chi connectivity index (χ2v) is 4.83. The van der Waals surface area contributed by atoms with E-state index in [1.807, 2.05) is 24.3 Å². The predicted molar refractivity (Wildman–Crippen MR) is 70.6 cm³/mol. The minimum atomic E-state index is -0.0141. The highest BCUT2D eigenvalue weighted by Gasteiger charge is 2.10. The molecule has 2 nitrogen and oxygen atoms in total. The second-order valence-electron chi connectivity index (χ2n) is 3.98. The Morgan fingerprint density at radius 2 is 2.00 bits per heavy atom. The number of rotatable bonds is 4. The lowest BCUT2D eigenvalue weighted by Gasteiger charge is -2.11. The first kappa shape index (κ1) is 12.5. The van der Waals surface area contributed by atoms with Crippen LogP contribution in [0.1, 0.15) is 11.3 Å². The van der Waals surface area contributed by atoms with Gasteiger partial charge in [0.15, 0.2) is 0 Å². The summed E-state index contributed by atoms with van der Waals surface area (Å²) in [7, 11) is 0. The van der Waals surface area contributed by atoms with Gasteiger partial charge in [0.1, 0.15) is 5.76 Å². The van der Waals surface area contributed by atoms with Gasteiger partial charge in [-0.25, -0.2) is 0 Å². The molecule has 0 amide bonds. The Balaban J connectivity index is 2.00. The van der Waals surface area contributed by atoms with Crippen LogP contribution < -0.4 is 5.73 Å². The molecule has 0 fully saturated rings. The van der Waals surface area contributed by atoms with Gasteiger partial charge in [-0.1, -0.05) is 29.3 Å². The summed E-state index contributed by atoms with van der Waals surface area (Å²) >= 11 is 11.9. The molecule has 0 aliphatic heterocycles. The lowest BCUT2D eigenvalue weighted by atomic mass is 10.0. The van der Waals surface area contributed by atoms with Crippen molar-refractivity contribution < 1.29 is 4.42 Å². The fraction of sp³-hybridized carbons (Fsp3) is 0.231. The summed E-state index contributed by atoms with van der Waals surface area (Å²) in [5.74, 6) is 0.891. The van der Waals surface area contributed by atoms with Crippen molar-refractivity contribution in [2.24, 2.45) is 5.73 Å². The fourth-order valence-electron chi connectivity index (χ4n) is 1.73. The van der Waals surface area contributed by atoms with Crippen molar-refractivity contribution in [2.45, 2.75) is 18.9 Å². The third-order valence-corrected chi connectivity index (χ3v) is 3.13. The molecule has 2 N–H and O–H groups in total. The number of halogens is 2. The van der Waals surface area contributed by atoms with Gasteiger partial charge in [0, 0.05) is 22.5 Å². The molecule has 1 unspecified atom stereocenters. The Kier molecular flexibility index (Phi) is 4.11. The molecule has 17 heavy (non-hydrogen) atoms. The summed E-state index contributed by atoms with van der Waals surface area (Å²) < 4.78 is 5.26. The minimum Gasteiger partial charge on any atom is -0.469 e. The average molecular weight is 270 g/mol. The van der Waals surface area contributed by atoms with Gasteiger partial charge in [-0.2, -0.15) is 0 Å². The SMILES string of the molecule is NC(Cc1ccco1)Cc1ccc(Cl)cc1Cl. The Morgan fingerprint density at radius 3 is 2.65 bits per heavy atom. The molecule has 4 heteroatoms. The first-order valence-corrected chi connectivity index (χ1v) is 6.12. The van der Waals surface area contributed by atoms with Gasteiger partial charge in [0.25, 0.3) is 0 Å². The molecule has 0 saturated heterocycles. The topological polar surface area (TPSA) is 39.2 Å². The van der Waals surface area contributed by atoms with Crippen LogP contribution >= 0.6 is 23.2 Å². The van der Waals surface area contributed by atoms with Crippen molar-refractivity contribution in [3.05, 3.63) is 58.0 Å². The number of hydrogen-bond acceptors (Lipinski definition) is 2. The Morgan fingerprint density at radius 1 is 1.18 bits per heavy atom. The zero-order chi connectivity index (χ0) is 12.3. The van der Waals surface area contributed by atoms with E-state index in [0.29, 0.717) is 22.9 Å². The number of furan rings is 1. The van der Waals surface area contributed by atoms with Crippen LogP contribution in [0, 0.1) is 0 Å². The molecule has 0 bridgehead atoms. The Bertz CT molecular complexity index is 482. The number of nitrogens with two attached hydrogens (primary N) is 1. The molecule has 1 aromatic heterocycles. The quantitative estimate of drug-likeness (QED) is 0.920. The van der Waals surface area contributed by atoms with Crippen molar-refractivity contribution in [3.8, 4) is 0 Å². The molecule has 90 valence electrons. The monoisotopic (exact) mass is 269 g/mol. The highest BCUT2D eigenvalue weighted by Crippen LogP contribution is 2.22. The molecule has 1 atom stereocenters. The maximum atomic E-state index is 6.09. The van der Waals surface area contributed by atoms with Crippen LogP contribution in [0.2, 0.25) is 10.0 Å². The summed E-state index contributed by atoms with van der Waals surface area (Å²) in [5.41, 5.74) is 7.06. The van der Waals surface area contributed by atoms with E-state index in [0.717, 1.165) is 11.3 Å². The van der Waals surface area contributed by atoms with E-state index in [1.165, 1.54) is 0 Å². The van der Waals surface area contributed by atoms with Crippen molar-refractivity contribution >= 4 is 23.2 Å². The third kappa shape index (κ3) is 3.50. The summed E-state index contributed by atoms with van der Waals surface area (Å²) in [5, 5.41) is 1.30. The van der Waals surface area contributed by atoms with Gasteiger partial charge in [0.05, 0.1) is 6.26 Å². The molecule has 0 saturated carbocycles. The second kappa shape index (κ2) is 5.58. The van der Waals surface area contributed by atoms with Gasteiger partial charge in [-0.15, -0.1) is 0 Å². The minimum absolute atomic E-state index is 0.0141. The van der Waals surface area contributed by atoms with Gasteiger partial charge >= 0.3 is 0 Å². The van der Waals surface area contributed by atoms with Gasteiger partial charge in [-0.05, 0) is 36.2 Å². The van der Waals surface area contributed by atoms with Crippen molar-refractivity contribution in [1.29, 1.82) is 0 Å². The van der Waals surface area contributed by atoms with E-state index in [1.54, 1.807) is 12.3 Å². The van der Waals surface area contributed by atoms with Crippen LogP contribution in [-0.4, -0.2) is 6.04 Å². The summed E-state index contributed by atoms with van der Waals surface area (Å²) in [6, 6.07) is 9.23. The van der Waals surface area contributed by atoms with Crippen LogP contribution in [0.25, 0.3) is 0 Å². The summed E-state index contributed by atoms with van der Waals surface area (Å²) in [6.07, 6.45) is 3.06. The van der Waals surface area contributed by atoms with Crippen LogP contribution in [0.15, 0.2) is 41.0 Å². The molecule has 2 aromatic rings. The van der Waals surface area contributed by atoms with Gasteiger partial charge in [0.2, 0.25) is 0 Å². The molecular weight excluding hydrogens is 257 g/mol. The maximum Gasteiger partial charge on any atom is 0.105 e. The smallest absolute Gasteiger partial charge is 0.105 e. The molecule has 0 radical (unpaired) electrons. The maximum absolute atomic E-state index is 6.09. The first-order valence-electron chi connectivity index (χ1n) is 5.37. The zero-order valence-corrected chi connectivity index (χ0v) is 10.7. The van der Waals surface area contributed by atoms with Crippen molar-refractivity contribution in [1.82, 2.24) is 0 Å². The van der Waals surface area contributed by atoms with E-state index in [2.05, 4.69) is 0 Å². The Labute approximate surface area is 110 Å². The molecule has 1 aromatic carbocycles. The van der Waals surface area contributed by atoms with E-state index >= 15 is 0 Å². The molecule has 0 spiro atoms. The van der Waals surface area contributed by atoms with Crippen molar-refractivity contribution in [3.63, 3.8) is 0 Å². The predicted octanol–water partition coefficient (Wildman–Crippen LogP) is 3.70. The number of benzene rings is 1. The lowest BCUT2D eigenvalue weighted by molar-refractivity contribution is 0.483. The molecule has 1 heterocycles. The van der Waals surface area contributed by atoms with E-state index in [-0.39, 0.29) is 6.04 Å². The molecule has 0 aliphatic carbocycles. The van der Waals surface area contributed by atoms with Gasteiger partial charge in [-0.3, -0.25) is 0 Å². The first-order chi connectivity index (χ1) is 8.15. The molecule has 2 rings (SSSR count). The molecule has 0 aliphatic rings. The van der Waals surface area contributed by atoms with E-state index in [4.69, 9.17) is 33.4 Å². The highest BCUT2D eigenvalue weighted by molar-refractivity contribution is 6.35. The highest BCUT2D eigenvalue weighted by atomic mass is 35.5. The van der Waals surface area contributed by atoms with Crippen LogP contribution in [0.4, 0.5) is 0 Å².